The Balaban J connectivity index is 1.52. The molecule has 2 heterocycles. The molecular formula is C15H21F3N4O2. The fourth-order valence-corrected chi connectivity index (χ4v) is 3.33. The Morgan fingerprint density at radius 3 is 2.67 bits per heavy atom. The second kappa shape index (κ2) is 6.98. The van der Waals surface area contributed by atoms with Crippen LogP contribution >= 0.6 is 0 Å². The summed E-state index contributed by atoms with van der Waals surface area (Å²) in [6.45, 7) is 0.316. The molecule has 1 aromatic heterocycles. The van der Waals surface area contributed by atoms with Crippen LogP contribution in [0, 0.1) is 5.92 Å². The maximum absolute atomic E-state index is 12.8. The number of hydrogen-bond donors (Lipinski definition) is 1. The molecule has 24 heavy (non-hydrogen) atoms. The molecule has 1 atom stereocenters. The van der Waals surface area contributed by atoms with Crippen molar-refractivity contribution in [2.24, 2.45) is 5.92 Å². The number of amides is 1. The fourth-order valence-electron chi connectivity index (χ4n) is 3.33. The molecule has 1 aliphatic carbocycles. The number of nitrogens with one attached hydrogen (secondary N) is 1. The number of alkyl halides is 3. The lowest BCUT2D eigenvalue weighted by atomic mass is 9.97. The second-order valence-electron chi connectivity index (χ2n) is 6.43. The summed E-state index contributed by atoms with van der Waals surface area (Å²) in [5, 5.41) is 10.4. The lowest BCUT2D eigenvalue weighted by Crippen LogP contribution is -2.33. The summed E-state index contributed by atoms with van der Waals surface area (Å²) in [6, 6.07) is 0. The Bertz CT molecular complexity index is 582. The van der Waals surface area contributed by atoms with Gasteiger partial charge in [0.15, 0.2) is 5.82 Å². The van der Waals surface area contributed by atoms with Crippen LogP contribution in [0.4, 0.5) is 18.0 Å². The van der Waals surface area contributed by atoms with E-state index >= 15 is 0 Å². The number of nitrogens with zero attached hydrogens (tertiary/aromatic N) is 3. The van der Waals surface area contributed by atoms with E-state index in [0.29, 0.717) is 11.6 Å². The van der Waals surface area contributed by atoms with Crippen LogP contribution in [0.5, 0.6) is 0 Å². The Kier molecular flexibility index (Phi) is 4.96. The predicted octanol–water partition coefficient (Wildman–Crippen LogP) is 2.96. The smallest absolute Gasteiger partial charge is 0.407 e. The number of hydrogen-bond acceptors (Lipinski definition) is 4. The summed E-state index contributed by atoms with van der Waals surface area (Å²) in [4.78, 5) is 11.8. The van der Waals surface area contributed by atoms with E-state index in [4.69, 9.17) is 4.74 Å². The van der Waals surface area contributed by atoms with E-state index in [1.807, 2.05) is 0 Å². The number of alkyl carbamates (subject to hydrolysis) is 1. The normalized spacial score (nSPS) is 22.0. The molecule has 1 N–H and O–H groups in total. The molecule has 6 nitrogen and oxygen atoms in total. The molecule has 0 bridgehead atoms. The van der Waals surface area contributed by atoms with Gasteiger partial charge in [0.25, 0.3) is 0 Å². The highest BCUT2D eigenvalue weighted by atomic mass is 19.4. The van der Waals surface area contributed by atoms with Gasteiger partial charge < -0.3 is 14.6 Å². The predicted molar refractivity (Wildman–Crippen MR) is 78.1 cm³/mol. The summed E-state index contributed by atoms with van der Waals surface area (Å²) in [7, 11) is 0. The summed E-state index contributed by atoms with van der Waals surface area (Å²) in [5.41, 5.74) is 0. The molecule has 2 aliphatic rings. The highest BCUT2D eigenvalue weighted by Crippen LogP contribution is 2.34. The van der Waals surface area contributed by atoms with E-state index in [1.54, 1.807) is 4.57 Å². The summed E-state index contributed by atoms with van der Waals surface area (Å²) in [5.74, 6) is -0.585. The van der Waals surface area contributed by atoms with Crippen LogP contribution in [0.3, 0.4) is 0 Å². The zero-order valence-electron chi connectivity index (χ0n) is 13.3. The first kappa shape index (κ1) is 17.0. The Hall–Kier alpha value is -1.80. The van der Waals surface area contributed by atoms with Crippen molar-refractivity contribution in [1.82, 2.24) is 20.1 Å². The van der Waals surface area contributed by atoms with Gasteiger partial charge in [-0.15, -0.1) is 10.2 Å². The Morgan fingerprint density at radius 1 is 1.21 bits per heavy atom. The molecule has 1 saturated carbocycles. The van der Waals surface area contributed by atoms with Crippen LogP contribution in [0.2, 0.25) is 0 Å². The van der Waals surface area contributed by atoms with E-state index in [0.717, 1.165) is 25.7 Å². The SMILES string of the molecule is O=C(NCc1nnc2n1CCC(C(F)(F)F)C2)OC1CCCCC1. The summed E-state index contributed by atoms with van der Waals surface area (Å²) >= 11 is 0. The van der Waals surface area contributed by atoms with E-state index < -0.39 is 18.2 Å². The van der Waals surface area contributed by atoms with Crippen LogP contribution in [0.1, 0.15) is 50.2 Å². The molecule has 1 aromatic rings. The summed E-state index contributed by atoms with van der Waals surface area (Å²) < 4.78 is 45.4. The van der Waals surface area contributed by atoms with Crippen LogP contribution in [-0.4, -0.2) is 33.1 Å². The number of fused-ring (bicyclic) bond motifs is 1. The van der Waals surface area contributed by atoms with Gasteiger partial charge in [-0.3, -0.25) is 0 Å². The first-order valence-corrected chi connectivity index (χ1v) is 8.35. The molecule has 1 fully saturated rings. The van der Waals surface area contributed by atoms with Gasteiger partial charge in [-0.25, -0.2) is 4.79 Å². The van der Waals surface area contributed by atoms with Gasteiger partial charge in [0.1, 0.15) is 11.9 Å². The molecule has 134 valence electrons. The first-order valence-electron chi connectivity index (χ1n) is 8.35. The highest BCUT2D eigenvalue weighted by Gasteiger charge is 2.42. The maximum atomic E-state index is 12.8. The maximum Gasteiger partial charge on any atom is 0.407 e. The van der Waals surface area contributed by atoms with Gasteiger partial charge in [0, 0.05) is 13.0 Å². The first-order chi connectivity index (χ1) is 11.4. The van der Waals surface area contributed by atoms with Gasteiger partial charge in [0.05, 0.1) is 12.5 Å². The Morgan fingerprint density at radius 2 is 1.96 bits per heavy atom. The third-order valence-corrected chi connectivity index (χ3v) is 4.71. The van der Waals surface area contributed by atoms with Crippen LogP contribution in [0.15, 0.2) is 0 Å². The van der Waals surface area contributed by atoms with Gasteiger partial charge in [-0.1, -0.05) is 6.42 Å². The monoisotopic (exact) mass is 346 g/mol. The van der Waals surface area contributed by atoms with E-state index in [9.17, 15) is 18.0 Å². The van der Waals surface area contributed by atoms with Crippen LogP contribution in [0.25, 0.3) is 0 Å². The lowest BCUT2D eigenvalue weighted by molar-refractivity contribution is -0.179. The third-order valence-electron chi connectivity index (χ3n) is 4.71. The number of aromatic nitrogens is 3. The minimum Gasteiger partial charge on any atom is -0.446 e. The van der Waals surface area contributed by atoms with Crippen molar-refractivity contribution in [2.75, 3.05) is 0 Å². The molecule has 1 unspecified atom stereocenters. The van der Waals surface area contributed by atoms with E-state index in [-0.39, 0.29) is 32.0 Å². The quantitative estimate of drug-likeness (QED) is 0.914. The number of carbonyl (C=O) groups is 1. The third kappa shape index (κ3) is 3.99. The lowest BCUT2D eigenvalue weighted by Gasteiger charge is -2.25. The van der Waals surface area contributed by atoms with Crippen molar-refractivity contribution in [3.05, 3.63) is 11.6 Å². The average molecular weight is 346 g/mol. The fraction of sp³-hybridized carbons (Fsp3) is 0.800. The highest BCUT2D eigenvalue weighted by molar-refractivity contribution is 5.67. The number of halogens is 3. The molecule has 0 aromatic carbocycles. The number of carbonyl (C=O) groups excluding carboxylic acids is 1. The molecule has 1 amide bonds. The van der Waals surface area contributed by atoms with Crippen molar-refractivity contribution in [1.29, 1.82) is 0 Å². The number of rotatable bonds is 3. The van der Waals surface area contributed by atoms with Crippen LogP contribution in [-0.2, 0) is 24.2 Å². The van der Waals surface area contributed by atoms with Crippen molar-refractivity contribution in [3.8, 4) is 0 Å². The van der Waals surface area contributed by atoms with Crippen LogP contribution < -0.4 is 5.32 Å². The molecule has 0 radical (unpaired) electrons. The average Bonchev–Trinajstić information content (AvgIpc) is 2.95. The molecule has 1 aliphatic heterocycles. The zero-order chi connectivity index (χ0) is 17.2. The molecule has 0 saturated heterocycles. The number of ether oxygens (including phenoxy) is 1. The summed E-state index contributed by atoms with van der Waals surface area (Å²) in [6.07, 6.45) is 0.148. The van der Waals surface area contributed by atoms with Crippen molar-refractivity contribution in [2.45, 2.75) is 70.3 Å². The van der Waals surface area contributed by atoms with Crippen molar-refractivity contribution < 1.29 is 22.7 Å². The van der Waals surface area contributed by atoms with Gasteiger partial charge in [-0.2, -0.15) is 13.2 Å². The molecule has 9 heteroatoms. The van der Waals surface area contributed by atoms with Crippen molar-refractivity contribution >= 4 is 6.09 Å². The van der Waals surface area contributed by atoms with Gasteiger partial charge in [-0.05, 0) is 32.1 Å². The topological polar surface area (TPSA) is 69.0 Å². The minimum atomic E-state index is -4.21. The standard InChI is InChI=1S/C15H21F3N4O2/c16-15(17,18)10-6-7-22-12(8-10)20-21-13(22)9-19-14(23)24-11-4-2-1-3-5-11/h10-11H,1-9H2,(H,19,23). The van der Waals surface area contributed by atoms with E-state index in [1.165, 1.54) is 6.42 Å². The second-order valence-corrected chi connectivity index (χ2v) is 6.43. The van der Waals surface area contributed by atoms with Gasteiger partial charge >= 0.3 is 12.3 Å². The van der Waals surface area contributed by atoms with Crippen molar-refractivity contribution in [3.63, 3.8) is 0 Å². The van der Waals surface area contributed by atoms with Gasteiger partial charge in [0.2, 0.25) is 0 Å². The largest absolute Gasteiger partial charge is 0.446 e. The zero-order valence-corrected chi connectivity index (χ0v) is 13.3. The van der Waals surface area contributed by atoms with E-state index in [2.05, 4.69) is 15.5 Å². The minimum absolute atomic E-state index is 0.00800. The molecule has 3 rings (SSSR count). The molecule has 0 spiro atoms. The molecular weight excluding hydrogens is 325 g/mol. The Labute approximate surface area is 137 Å².